The maximum absolute atomic E-state index is 13.5. The highest BCUT2D eigenvalue weighted by Crippen LogP contribution is 2.45. The van der Waals surface area contributed by atoms with Crippen LogP contribution < -0.4 is 23.8 Å². The largest absolute Gasteiger partial charge is 0.507 e. The fourth-order valence-corrected chi connectivity index (χ4v) is 4.57. The van der Waals surface area contributed by atoms with Gasteiger partial charge in [0, 0.05) is 16.3 Å². The Bertz CT molecular complexity index is 1420. The fourth-order valence-electron chi connectivity index (χ4n) is 4.40. The van der Waals surface area contributed by atoms with Crippen LogP contribution in [-0.2, 0) is 9.59 Å². The summed E-state index contributed by atoms with van der Waals surface area (Å²) in [6.07, 6.45) is 0. The number of carbonyl (C=O) groups excluding carboxylic acids is 2. The van der Waals surface area contributed by atoms with Crippen LogP contribution in [0.2, 0.25) is 5.02 Å². The summed E-state index contributed by atoms with van der Waals surface area (Å²) in [6, 6.07) is 13.9. The van der Waals surface area contributed by atoms with Crippen molar-refractivity contribution in [3.05, 3.63) is 81.9 Å². The molecule has 1 aliphatic heterocycles. The van der Waals surface area contributed by atoms with Gasteiger partial charge in [0.25, 0.3) is 11.7 Å². The molecular weight excluding hydrogens is 498 g/mol. The molecule has 1 saturated heterocycles. The van der Waals surface area contributed by atoms with Crippen molar-refractivity contribution in [3.8, 4) is 23.0 Å². The molecule has 4 rings (SSSR count). The molecule has 0 radical (unpaired) electrons. The van der Waals surface area contributed by atoms with Gasteiger partial charge in [-0.15, -0.1) is 0 Å². The first-order valence-corrected chi connectivity index (χ1v) is 11.6. The number of aryl methyl sites for hydroxylation is 1. The van der Waals surface area contributed by atoms with E-state index in [-0.39, 0.29) is 16.9 Å². The second-order valence-electron chi connectivity index (χ2n) is 8.28. The second-order valence-corrected chi connectivity index (χ2v) is 8.72. The Morgan fingerprint density at radius 3 is 2.03 bits per heavy atom. The van der Waals surface area contributed by atoms with Gasteiger partial charge in [-0.3, -0.25) is 14.5 Å². The first kappa shape index (κ1) is 25.9. The molecule has 37 heavy (non-hydrogen) atoms. The van der Waals surface area contributed by atoms with Crippen molar-refractivity contribution in [2.45, 2.75) is 13.0 Å². The van der Waals surface area contributed by atoms with Gasteiger partial charge in [0.1, 0.15) is 5.76 Å². The summed E-state index contributed by atoms with van der Waals surface area (Å²) in [5, 5.41) is 11.8. The third kappa shape index (κ3) is 4.56. The zero-order valence-electron chi connectivity index (χ0n) is 21.0. The fraction of sp³-hybridized carbons (Fsp3) is 0.214. The minimum atomic E-state index is -0.981. The monoisotopic (exact) mass is 523 g/mol. The lowest BCUT2D eigenvalue weighted by molar-refractivity contribution is -0.132. The lowest BCUT2D eigenvalue weighted by atomic mass is 9.94. The molecule has 0 spiro atoms. The smallest absolute Gasteiger partial charge is 0.300 e. The molecule has 192 valence electrons. The molecule has 3 aromatic rings. The molecule has 8 nitrogen and oxygen atoms in total. The topological polar surface area (TPSA) is 94.5 Å². The van der Waals surface area contributed by atoms with Gasteiger partial charge < -0.3 is 24.1 Å². The number of aliphatic hydroxyl groups excluding tert-OH is 1. The number of halogens is 1. The number of anilines is 1. The highest BCUT2D eigenvalue weighted by atomic mass is 35.5. The van der Waals surface area contributed by atoms with Crippen molar-refractivity contribution < 1.29 is 33.6 Å². The number of carbonyl (C=O) groups is 2. The predicted octanol–water partition coefficient (Wildman–Crippen LogP) is 5.31. The van der Waals surface area contributed by atoms with Gasteiger partial charge in [0.05, 0.1) is 40.1 Å². The Labute approximate surface area is 219 Å². The Balaban J connectivity index is 2.00. The van der Waals surface area contributed by atoms with E-state index in [0.717, 1.165) is 5.56 Å². The van der Waals surface area contributed by atoms with Gasteiger partial charge in [-0.25, -0.2) is 0 Å². The molecule has 1 fully saturated rings. The van der Waals surface area contributed by atoms with E-state index in [1.807, 2.05) is 6.92 Å². The zero-order chi connectivity index (χ0) is 26.9. The third-order valence-corrected chi connectivity index (χ3v) is 6.49. The number of Topliss-reactive ketones (excluding diaryl/α,β-unsaturated/α-hetero) is 1. The van der Waals surface area contributed by atoms with E-state index in [1.54, 1.807) is 48.5 Å². The van der Waals surface area contributed by atoms with E-state index in [2.05, 4.69) is 0 Å². The summed E-state index contributed by atoms with van der Waals surface area (Å²) in [5.41, 5.74) is 1.88. The molecule has 0 saturated carbocycles. The number of ether oxygens (including phenoxy) is 4. The van der Waals surface area contributed by atoms with Crippen molar-refractivity contribution >= 4 is 34.7 Å². The van der Waals surface area contributed by atoms with Gasteiger partial charge in [-0.05, 0) is 60.5 Å². The first-order valence-electron chi connectivity index (χ1n) is 11.3. The zero-order valence-corrected chi connectivity index (χ0v) is 21.8. The minimum absolute atomic E-state index is 0.0937. The van der Waals surface area contributed by atoms with Crippen molar-refractivity contribution in [2.75, 3.05) is 33.3 Å². The molecule has 1 heterocycles. The maximum atomic E-state index is 13.5. The van der Waals surface area contributed by atoms with Crippen LogP contribution in [0.15, 0.2) is 60.2 Å². The Hall–Kier alpha value is -4.17. The average Bonchev–Trinajstić information content (AvgIpc) is 3.18. The lowest BCUT2D eigenvalue weighted by Crippen LogP contribution is -2.30. The van der Waals surface area contributed by atoms with E-state index in [4.69, 9.17) is 30.5 Å². The molecule has 1 N–H and O–H groups in total. The number of rotatable bonds is 7. The SMILES string of the molecule is COc1ccc(/C(O)=C2\C(=O)C(=O)N(c3cc(Cl)ccc3C)C2c2ccc(OC)c(OC)c2)cc1OC. The average molecular weight is 524 g/mol. The van der Waals surface area contributed by atoms with Crippen LogP contribution in [-0.4, -0.2) is 45.2 Å². The molecule has 0 bridgehead atoms. The van der Waals surface area contributed by atoms with Crippen LogP contribution >= 0.6 is 11.6 Å². The molecule has 1 unspecified atom stereocenters. The molecule has 0 aromatic heterocycles. The van der Waals surface area contributed by atoms with Crippen LogP contribution in [0.3, 0.4) is 0 Å². The van der Waals surface area contributed by atoms with Gasteiger partial charge in [0.2, 0.25) is 0 Å². The number of methoxy groups -OCH3 is 4. The predicted molar refractivity (Wildman–Crippen MR) is 140 cm³/mol. The summed E-state index contributed by atoms with van der Waals surface area (Å²) in [4.78, 5) is 28.3. The summed E-state index contributed by atoms with van der Waals surface area (Å²) in [7, 11) is 5.96. The lowest BCUT2D eigenvalue weighted by Gasteiger charge is -2.27. The second kappa shape index (κ2) is 10.4. The van der Waals surface area contributed by atoms with E-state index in [9.17, 15) is 14.7 Å². The number of benzene rings is 3. The summed E-state index contributed by atoms with van der Waals surface area (Å²) >= 11 is 6.27. The van der Waals surface area contributed by atoms with Crippen molar-refractivity contribution in [2.24, 2.45) is 0 Å². The molecule has 0 aliphatic carbocycles. The summed E-state index contributed by atoms with van der Waals surface area (Å²) in [5.74, 6) is -0.318. The number of aliphatic hydroxyl groups is 1. The van der Waals surface area contributed by atoms with Crippen molar-refractivity contribution in [1.82, 2.24) is 0 Å². The van der Waals surface area contributed by atoms with Gasteiger partial charge >= 0.3 is 0 Å². The van der Waals surface area contributed by atoms with Gasteiger partial charge in [-0.1, -0.05) is 23.7 Å². The Morgan fingerprint density at radius 1 is 0.811 bits per heavy atom. The molecular formula is C28H26ClNO7. The number of hydrogen-bond acceptors (Lipinski definition) is 7. The molecule has 1 amide bonds. The highest BCUT2D eigenvalue weighted by molar-refractivity contribution is 6.52. The van der Waals surface area contributed by atoms with E-state index in [0.29, 0.717) is 39.3 Å². The molecule has 1 atom stereocenters. The van der Waals surface area contributed by atoms with Crippen LogP contribution in [0.5, 0.6) is 23.0 Å². The van der Waals surface area contributed by atoms with Gasteiger partial charge in [-0.2, -0.15) is 0 Å². The minimum Gasteiger partial charge on any atom is -0.507 e. The summed E-state index contributed by atoms with van der Waals surface area (Å²) < 4.78 is 21.5. The Kier molecular flexibility index (Phi) is 7.31. The number of ketones is 1. The van der Waals surface area contributed by atoms with E-state index in [1.165, 1.54) is 39.4 Å². The van der Waals surface area contributed by atoms with Crippen molar-refractivity contribution in [1.29, 1.82) is 0 Å². The molecule has 9 heteroatoms. The van der Waals surface area contributed by atoms with Crippen LogP contribution in [0, 0.1) is 6.92 Å². The third-order valence-electron chi connectivity index (χ3n) is 6.26. The number of amides is 1. The van der Waals surface area contributed by atoms with Gasteiger partial charge in [0.15, 0.2) is 23.0 Å². The van der Waals surface area contributed by atoms with Crippen molar-refractivity contribution in [3.63, 3.8) is 0 Å². The van der Waals surface area contributed by atoms with Crippen LogP contribution in [0.25, 0.3) is 5.76 Å². The molecule has 1 aliphatic rings. The van der Waals surface area contributed by atoms with Crippen LogP contribution in [0.1, 0.15) is 22.7 Å². The standard InChI is InChI=1S/C28H26ClNO7/c1-15-6-9-18(29)14-19(15)30-25(16-7-10-20(34-2)22(12-16)36-4)24(27(32)28(30)33)26(31)17-8-11-21(35-3)23(13-17)37-5/h6-14,25,31H,1-5H3/b26-24+. The summed E-state index contributed by atoms with van der Waals surface area (Å²) in [6.45, 7) is 1.81. The number of hydrogen-bond donors (Lipinski definition) is 1. The first-order chi connectivity index (χ1) is 17.7. The highest BCUT2D eigenvalue weighted by Gasteiger charge is 2.47. The van der Waals surface area contributed by atoms with E-state index < -0.39 is 17.7 Å². The quantitative estimate of drug-likeness (QED) is 0.255. The normalized spacial score (nSPS) is 16.6. The Morgan fingerprint density at radius 2 is 1.41 bits per heavy atom. The number of nitrogens with zero attached hydrogens (tertiary/aromatic N) is 1. The van der Waals surface area contributed by atoms with E-state index >= 15 is 0 Å². The molecule has 3 aromatic carbocycles. The van der Waals surface area contributed by atoms with Crippen LogP contribution in [0.4, 0.5) is 5.69 Å². The maximum Gasteiger partial charge on any atom is 0.300 e.